The van der Waals surface area contributed by atoms with Gasteiger partial charge in [0.1, 0.15) is 5.82 Å². The van der Waals surface area contributed by atoms with E-state index in [0.29, 0.717) is 12.5 Å². The Labute approximate surface area is 181 Å². The smallest absolute Gasteiger partial charge is 0.241 e. The van der Waals surface area contributed by atoms with Gasteiger partial charge in [-0.05, 0) is 30.2 Å². The Morgan fingerprint density at radius 2 is 2.03 bits per heavy atom. The maximum absolute atomic E-state index is 13.4. The highest BCUT2D eigenvalue weighted by molar-refractivity contribution is 6.31. The maximum Gasteiger partial charge on any atom is 0.241 e. The van der Waals surface area contributed by atoms with Gasteiger partial charge in [0.15, 0.2) is 5.96 Å². The minimum absolute atomic E-state index is 0.0294. The summed E-state index contributed by atoms with van der Waals surface area (Å²) >= 11 is 5.93. The molecule has 1 amide bonds. The molecule has 1 aliphatic heterocycles. The van der Waals surface area contributed by atoms with Crippen molar-refractivity contribution >= 4 is 29.2 Å². The third kappa shape index (κ3) is 6.10. The molecule has 2 aromatic carbocycles. The molecular weight excluding hydrogens is 405 g/mol. The first-order valence-electron chi connectivity index (χ1n) is 9.91. The van der Waals surface area contributed by atoms with E-state index in [0.717, 1.165) is 30.8 Å². The molecule has 1 atom stereocenters. The summed E-state index contributed by atoms with van der Waals surface area (Å²) in [4.78, 5) is 20.3. The van der Waals surface area contributed by atoms with Crippen molar-refractivity contribution in [2.24, 2.45) is 4.99 Å². The summed E-state index contributed by atoms with van der Waals surface area (Å²) in [5.41, 5.74) is 1.98. The van der Waals surface area contributed by atoms with Crippen LogP contribution < -0.4 is 15.5 Å². The first-order chi connectivity index (χ1) is 14.4. The number of hydrogen-bond acceptors (Lipinski definition) is 3. The highest BCUT2D eigenvalue weighted by atomic mass is 35.5. The highest BCUT2D eigenvalue weighted by Gasteiger charge is 2.24. The predicted octanol–water partition coefficient (Wildman–Crippen LogP) is 2.88. The number of rotatable bonds is 6. The van der Waals surface area contributed by atoms with Crippen LogP contribution in [0.1, 0.15) is 12.0 Å². The fourth-order valence-electron chi connectivity index (χ4n) is 3.21. The molecule has 160 valence electrons. The molecule has 1 saturated heterocycles. The highest BCUT2D eigenvalue weighted by Crippen LogP contribution is 2.25. The lowest BCUT2D eigenvalue weighted by Crippen LogP contribution is -2.47. The maximum atomic E-state index is 13.4. The predicted molar refractivity (Wildman–Crippen MR) is 119 cm³/mol. The summed E-state index contributed by atoms with van der Waals surface area (Å²) in [5, 5.41) is 6.68. The van der Waals surface area contributed by atoms with E-state index in [1.54, 1.807) is 26.2 Å². The minimum Gasteiger partial charge on any atom is -0.369 e. The van der Waals surface area contributed by atoms with Crippen molar-refractivity contribution in [3.05, 3.63) is 64.9 Å². The second-order valence-corrected chi connectivity index (χ2v) is 7.87. The lowest BCUT2D eigenvalue weighted by molar-refractivity contribution is -0.127. The zero-order valence-electron chi connectivity index (χ0n) is 17.2. The van der Waals surface area contributed by atoms with E-state index in [4.69, 9.17) is 11.6 Å². The van der Waals surface area contributed by atoms with E-state index in [2.05, 4.69) is 20.5 Å². The number of carbonyl (C=O) groups excluding carboxylic acids is 1. The molecule has 2 N–H and O–H groups in total. The quantitative estimate of drug-likeness (QED) is 0.545. The minimum atomic E-state index is -0.417. The molecule has 1 unspecified atom stereocenters. The molecule has 0 spiro atoms. The molecule has 1 fully saturated rings. The van der Waals surface area contributed by atoms with Gasteiger partial charge in [-0.2, -0.15) is 0 Å². The van der Waals surface area contributed by atoms with Crippen molar-refractivity contribution in [3.8, 4) is 0 Å². The Hall–Kier alpha value is -2.80. The molecule has 2 aromatic rings. The summed E-state index contributed by atoms with van der Waals surface area (Å²) < 4.78 is 13.4. The lowest BCUT2D eigenvalue weighted by atomic mass is 10.2. The van der Waals surface area contributed by atoms with Gasteiger partial charge in [-0.1, -0.05) is 41.9 Å². The van der Waals surface area contributed by atoms with E-state index < -0.39 is 5.82 Å². The van der Waals surface area contributed by atoms with Crippen LogP contribution in [0.5, 0.6) is 0 Å². The number of halogens is 2. The number of amides is 1. The van der Waals surface area contributed by atoms with Crippen LogP contribution in [0.25, 0.3) is 0 Å². The first kappa shape index (κ1) is 21.9. The van der Waals surface area contributed by atoms with Crippen molar-refractivity contribution in [1.29, 1.82) is 0 Å². The molecule has 30 heavy (non-hydrogen) atoms. The number of hydrogen-bond donors (Lipinski definition) is 2. The molecule has 0 bridgehead atoms. The first-order valence-corrected chi connectivity index (χ1v) is 10.3. The summed E-state index contributed by atoms with van der Waals surface area (Å²) in [6.45, 7) is 2.23. The van der Waals surface area contributed by atoms with Gasteiger partial charge in [0.25, 0.3) is 0 Å². The van der Waals surface area contributed by atoms with Crippen LogP contribution in [0.4, 0.5) is 10.1 Å². The van der Waals surface area contributed by atoms with Gasteiger partial charge in [-0.3, -0.25) is 4.79 Å². The number of benzene rings is 2. The van der Waals surface area contributed by atoms with Crippen LogP contribution in [-0.2, 0) is 11.3 Å². The lowest BCUT2D eigenvalue weighted by Gasteiger charge is -2.21. The Bertz CT molecular complexity index is 890. The molecule has 1 aliphatic rings. The van der Waals surface area contributed by atoms with Crippen LogP contribution in [0, 0.1) is 5.82 Å². The summed E-state index contributed by atoms with van der Waals surface area (Å²) in [6, 6.07) is 14.9. The van der Waals surface area contributed by atoms with E-state index in [1.165, 1.54) is 11.0 Å². The SMILES string of the molecule is CN(C)C(=O)CNC(=NCc1ccccc1)NC1CCN(c2ccc(F)c(Cl)c2)C1. The average molecular weight is 432 g/mol. The zero-order valence-corrected chi connectivity index (χ0v) is 18.0. The van der Waals surface area contributed by atoms with E-state index >= 15 is 0 Å². The van der Waals surface area contributed by atoms with Gasteiger partial charge < -0.3 is 20.4 Å². The summed E-state index contributed by atoms with van der Waals surface area (Å²) in [6.07, 6.45) is 0.892. The molecule has 0 radical (unpaired) electrons. The molecule has 6 nitrogen and oxygen atoms in total. The van der Waals surface area contributed by atoms with Gasteiger partial charge in [0.05, 0.1) is 18.1 Å². The second-order valence-electron chi connectivity index (χ2n) is 7.47. The Balaban J connectivity index is 1.64. The van der Waals surface area contributed by atoms with Crippen LogP contribution in [-0.4, -0.2) is 56.5 Å². The monoisotopic (exact) mass is 431 g/mol. The Kier molecular flexibility index (Phi) is 7.52. The standard InChI is InChI=1S/C22H27ClFN5O/c1-28(2)21(30)14-26-22(25-13-16-6-4-3-5-7-16)27-17-10-11-29(15-17)18-8-9-20(24)19(23)12-18/h3-9,12,17H,10-11,13-15H2,1-2H3,(H2,25,26,27). The average Bonchev–Trinajstić information content (AvgIpc) is 3.21. The molecule has 1 heterocycles. The number of carbonyl (C=O) groups is 1. The molecule has 0 aromatic heterocycles. The van der Waals surface area contributed by atoms with Crippen LogP contribution in [0.2, 0.25) is 5.02 Å². The van der Waals surface area contributed by atoms with Gasteiger partial charge >= 0.3 is 0 Å². The molecule has 0 aliphatic carbocycles. The number of guanidine groups is 1. The van der Waals surface area contributed by atoms with Crippen LogP contribution in [0.3, 0.4) is 0 Å². The number of anilines is 1. The van der Waals surface area contributed by atoms with E-state index in [-0.39, 0.29) is 23.5 Å². The van der Waals surface area contributed by atoms with Crippen molar-refractivity contribution < 1.29 is 9.18 Å². The number of aliphatic imine (C=N–C) groups is 1. The van der Waals surface area contributed by atoms with E-state index in [9.17, 15) is 9.18 Å². The van der Waals surface area contributed by atoms with Gasteiger partial charge in [-0.15, -0.1) is 0 Å². The van der Waals surface area contributed by atoms with Gasteiger partial charge in [0, 0.05) is 38.9 Å². The normalized spacial score (nSPS) is 16.5. The third-order valence-corrected chi connectivity index (χ3v) is 5.26. The largest absolute Gasteiger partial charge is 0.369 e. The molecule has 3 rings (SSSR count). The van der Waals surface area contributed by atoms with Crippen molar-refractivity contribution in [2.75, 3.05) is 38.6 Å². The van der Waals surface area contributed by atoms with Crippen molar-refractivity contribution in [2.45, 2.75) is 19.0 Å². The number of nitrogens with zero attached hydrogens (tertiary/aromatic N) is 3. The number of nitrogens with one attached hydrogen (secondary N) is 2. The van der Waals surface area contributed by atoms with Crippen molar-refractivity contribution in [1.82, 2.24) is 15.5 Å². The molecule has 8 heteroatoms. The summed E-state index contributed by atoms with van der Waals surface area (Å²) in [7, 11) is 3.45. The van der Waals surface area contributed by atoms with Gasteiger partial charge in [0.2, 0.25) is 5.91 Å². The Morgan fingerprint density at radius 1 is 1.27 bits per heavy atom. The zero-order chi connectivity index (χ0) is 21.5. The van der Waals surface area contributed by atoms with Crippen LogP contribution >= 0.6 is 11.6 Å². The molecule has 0 saturated carbocycles. The number of likely N-dealkylation sites (N-methyl/N-ethyl adjacent to an activating group) is 1. The Morgan fingerprint density at radius 3 is 2.73 bits per heavy atom. The van der Waals surface area contributed by atoms with Gasteiger partial charge in [-0.25, -0.2) is 9.38 Å². The molecular formula is C22H27ClFN5O. The topological polar surface area (TPSA) is 60.0 Å². The van der Waals surface area contributed by atoms with E-state index in [1.807, 2.05) is 30.3 Å². The third-order valence-electron chi connectivity index (χ3n) is 4.97. The fourth-order valence-corrected chi connectivity index (χ4v) is 3.39. The summed E-state index contributed by atoms with van der Waals surface area (Å²) in [5.74, 6) is 0.149. The van der Waals surface area contributed by atoms with Crippen LogP contribution in [0.15, 0.2) is 53.5 Å². The fraction of sp³-hybridized carbons (Fsp3) is 0.364. The second kappa shape index (κ2) is 10.3. The van der Waals surface area contributed by atoms with Crippen molar-refractivity contribution in [3.63, 3.8) is 0 Å².